The monoisotopic (exact) mass is 468 g/mol. The van der Waals surface area contributed by atoms with Crippen molar-refractivity contribution in [3.8, 4) is 0 Å². The van der Waals surface area contributed by atoms with Gasteiger partial charge in [0.25, 0.3) is 0 Å². The fourth-order valence-corrected chi connectivity index (χ4v) is 6.98. The number of nitrogens with one attached hydrogen (secondary N) is 1. The molecule has 0 aromatic heterocycles. The summed E-state index contributed by atoms with van der Waals surface area (Å²) < 4.78 is 0.975. The van der Waals surface area contributed by atoms with Crippen molar-refractivity contribution in [3.05, 3.63) is 40.9 Å². The molecular formula is C24H25BrN2O3. The highest BCUT2D eigenvalue weighted by atomic mass is 79.9. The number of amides is 3. The predicted molar refractivity (Wildman–Crippen MR) is 115 cm³/mol. The first-order chi connectivity index (χ1) is 14.5. The van der Waals surface area contributed by atoms with Crippen molar-refractivity contribution in [1.82, 2.24) is 4.90 Å². The van der Waals surface area contributed by atoms with Gasteiger partial charge in [-0.05, 0) is 80.0 Å². The molecule has 1 N–H and O–H groups in total. The summed E-state index contributed by atoms with van der Waals surface area (Å²) in [7, 11) is 0. The molecule has 4 fully saturated rings. The summed E-state index contributed by atoms with van der Waals surface area (Å²) in [5.41, 5.74) is 0.792. The highest BCUT2D eigenvalue weighted by molar-refractivity contribution is 9.10. The van der Waals surface area contributed by atoms with E-state index in [1.165, 1.54) is 6.42 Å². The van der Waals surface area contributed by atoms with E-state index < -0.39 is 0 Å². The summed E-state index contributed by atoms with van der Waals surface area (Å²) in [5.74, 6) is 1.70. The number of allylic oxidation sites excluding steroid dienone is 2. The second kappa shape index (κ2) is 6.78. The lowest BCUT2D eigenvalue weighted by Crippen LogP contribution is -2.44. The molecule has 6 atom stereocenters. The smallest absolute Gasteiger partial charge is 0.233 e. The fourth-order valence-electron chi connectivity index (χ4n) is 6.71. The number of nitrogens with zero attached hydrogens (tertiary/aromatic N) is 1. The van der Waals surface area contributed by atoms with E-state index in [1.807, 2.05) is 24.3 Å². The molecule has 1 aromatic rings. The van der Waals surface area contributed by atoms with Crippen LogP contribution < -0.4 is 5.32 Å². The Balaban J connectivity index is 1.11. The molecular weight excluding hydrogens is 444 g/mol. The van der Waals surface area contributed by atoms with Gasteiger partial charge in [0.1, 0.15) is 0 Å². The van der Waals surface area contributed by atoms with E-state index >= 15 is 0 Å². The molecule has 30 heavy (non-hydrogen) atoms. The Morgan fingerprint density at radius 2 is 1.47 bits per heavy atom. The first-order valence-electron chi connectivity index (χ1n) is 11.1. The molecule has 1 heterocycles. The van der Waals surface area contributed by atoms with E-state index in [4.69, 9.17) is 0 Å². The number of anilines is 1. The quantitative estimate of drug-likeness (QED) is 0.538. The lowest BCUT2D eigenvalue weighted by molar-refractivity contribution is -0.144. The van der Waals surface area contributed by atoms with Crippen molar-refractivity contribution in [2.45, 2.75) is 38.1 Å². The Hall–Kier alpha value is -1.95. The van der Waals surface area contributed by atoms with Gasteiger partial charge in [0.15, 0.2) is 0 Å². The molecule has 7 rings (SSSR count). The van der Waals surface area contributed by atoms with Crippen LogP contribution >= 0.6 is 15.9 Å². The van der Waals surface area contributed by atoms with Crippen LogP contribution in [-0.4, -0.2) is 28.7 Å². The Morgan fingerprint density at radius 3 is 2.03 bits per heavy atom. The SMILES string of the molecule is O=C(Nc1ccc(Br)cc1)C1CCC(N2C(=O)[C@@H]3[C@H]4C=C[C@@H]([C@@H]5C[C@@H]45)[C@H]3C2=O)CC1. The minimum Gasteiger partial charge on any atom is -0.326 e. The lowest BCUT2D eigenvalue weighted by Gasteiger charge is -2.37. The van der Waals surface area contributed by atoms with Crippen LogP contribution in [0.4, 0.5) is 5.69 Å². The van der Waals surface area contributed by atoms with Crippen molar-refractivity contribution in [2.75, 3.05) is 5.32 Å². The molecule has 3 saturated carbocycles. The van der Waals surface area contributed by atoms with Crippen LogP contribution in [0.25, 0.3) is 0 Å². The molecule has 0 radical (unpaired) electrons. The number of imide groups is 1. The molecule has 156 valence electrons. The van der Waals surface area contributed by atoms with Gasteiger partial charge in [-0.15, -0.1) is 0 Å². The van der Waals surface area contributed by atoms with Gasteiger partial charge >= 0.3 is 0 Å². The topological polar surface area (TPSA) is 66.5 Å². The second-order valence-corrected chi connectivity index (χ2v) is 10.6. The molecule has 1 aliphatic heterocycles. The largest absolute Gasteiger partial charge is 0.326 e. The van der Waals surface area contributed by atoms with Crippen LogP contribution in [0.2, 0.25) is 0 Å². The minimum absolute atomic E-state index is 0.0332. The van der Waals surface area contributed by atoms with Crippen LogP contribution in [0.15, 0.2) is 40.9 Å². The zero-order valence-electron chi connectivity index (χ0n) is 16.7. The molecule has 2 bridgehead atoms. The second-order valence-electron chi connectivity index (χ2n) is 9.70. The minimum atomic E-state index is -0.116. The van der Waals surface area contributed by atoms with Gasteiger partial charge in [-0.2, -0.15) is 0 Å². The van der Waals surface area contributed by atoms with Crippen molar-refractivity contribution >= 4 is 39.3 Å². The number of hydrogen-bond acceptors (Lipinski definition) is 3. The number of carbonyl (C=O) groups is 3. The van der Waals surface area contributed by atoms with Crippen molar-refractivity contribution < 1.29 is 14.4 Å². The van der Waals surface area contributed by atoms with Crippen molar-refractivity contribution in [1.29, 1.82) is 0 Å². The van der Waals surface area contributed by atoms with E-state index in [0.29, 0.717) is 11.8 Å². The molecule has 0 spiro atoms. The molecule has 3 amide bonds. The zero-order valence-corrected chi connectivity index (χ0v) is 18.3. The molecule has 1 saturated heterocycles. The number of likely N-dealkylation sites (tertiary alicyclic amines) is 1. The third kappa shape index (κ3) is 2.75. The standard InChI is InChI=1S/C24H25BrN2O3/c25-13-3-5-14(6-4-13)26-22(28)12-1-7-15(8-2-12)27-23(29)20-16-9-10-17(19-11-18(16)19)21(20)24(27)30/h3-6,9-10,12,15-21H,1-2,7-8,11H2,(H,26,28)/t12?,15?,16-,17-,18-,19-,20+,21+/m0/s1. The van der Waals surface area contributed by atoms with E-state index in [-0.39, 0.29) is 53.4 Å². The number of rotatable bonds is 3. The lowest BCUT2D eigenvalue weighted by atomic mass is 9.63. The summed E-state index contributed by atoms with van der Waals surface area (Å²) >= 11 is 3.40. The maximum Gasteiger partial charge on any atom is 0.233 e. The average Bonchev–Trinajstić information content (AvgIpc) is 3.53. The first-order valence-corrected chi connectivity index (χ1v) is 11.9. The number of benzene rings is 1. The molecule has 5 nitrogen and oxygen atoms in total. The van der Waals surface area contributed by atoms with Crippen molar-refractivity contribution in [2.24, 2.45) is 41.4 Å². The number of halogens is 1. The van der Waals surface area contributed by atoms with Gasteiger partial charge in [-0.1, -0.05) is 28.1 Å². The van der Waals surface area contributed by atoms with E-state index in [2.05, 4.69) is 33.4 Å². The Kier molecular flexibility index (Phi) is 4.24. The molecule has 6 aliphatic rings. The van der Waals surface area contributed by atoms with Gasteiger partial charge in [-0.3, -0.25) is 19.3 Å². The summed E-state index contributed by atoms with van der Waals surface area (Å²) in [6.07, 6.45) is 8.52. The fraction of sp³-hybridized carbons (Fsp3) is 0.542. The summed E-state index contributed by atoms with van der Waals surface area (Å²) in [6, 6.07) is 7.53. The van der Waals surface area contributed by atoms with Gasteiger partial charge in [0, 0.05) is 22.1 Å². The van der Waals surface area contributed by atoms with Gasteiger partial charge in [0.2, 0.25) is 17.7 Å². The highest BCUT2D eigenvalue weighted by Gasteiger charge is 2.67. The Morgan fingerprint density at radius 1 is 0.900 bits per heavy atom. The summed E-state index contributed by atoms with van der Waals surface area (Å²) in [4.78, 5) is 40.8. The van der Waals surface area contributed by atoms with Crippen LogP contribution in [0.1, 0.15) is 32.1 Å². The third-order valence-electron chi connectivity index (χ3n) is 8.24. The summed E-state index contributed by atoms with van der Waals surface area (Å²) in [6.45, 7) is 0. The zero-order chi connectivity index (χ0) is 20.6. The highest BCUT2D eigenvalue weighted by Crippen LogP contribution is 2.65. The molecule has 1 aromatic carbocycles. The van der Waals surface area contributed by atoms with Crippen LogP contribution in [-0.2, 0) is 14.4 Å². The molecule has 0 unspecified atom stereocenters. The van der Waals surface area contributed by atoms with Gasteiger partial charge in [0.05, 0.1) is 11.8 Å². The Bertz CT molecular complexity index is 914. The van der Waals surface area contributed by atoms with Gasteiger partial charge < -0.3 is 5.32 Å². The van der Waals surface area contributed by atoms with Crippen LogP contribution in [0, 0.1) is 41.4 Å². The molecule has 6 heteroatoms. The maximum atomic E-state index is 13.3. The van der Waals surface area contributed by atoms with Gasteiger partial charge in [-0.25, -0.2) is 0 Å². The maximum absolute atomic E-state index is 13.3. The van der Waals surface area contributed by atoms with Crippen molar-refractivity contribution in [3.63, 3.8) is 0 Å². The molecule has 5 aliphatic carbocycles. The predicted octanol–water partition coefficient (Wildman–Crippen LogP) is 4.00. The normalized spacial score (nSPS) is 40.9. The van der Waals surface area contributed by atoms with Crippen LogP contribution in [0.5, 0.6) is 0 Å². The summed E-state index contributed by atoms with van der Waals surface area (Å²) in [5, 5.41) is 3.00. The van der Waals surface area contributed by atoms with E-state index in [1.54, 1.807) is 4.90 Å². The van der Waals surface area contributed by atoms with Crippen LogP contribution in [0.3, 0.4) is 0 Å². The number of hydrogen-bond donors (Lipinski definition) is 1. The average molecular weight is 469 g/mol. The van der Waals surface area contributed by atoms with E-state index in [9.17, 15) is 14.4 Å². The number of carbonyl (C=O) groups excluding carboxylic acids is 3. The van der Waals surface area contributed by atoms with E-state index in [0.717, 1.165) is 35.8 Å². The third-order valence-corrected chi connectivity index (χ3v) is 8.77. The first kappa shape index (κ1) is 18.8. The Labute approximate surface area is 184 Å².